The lowest BCUT2D eigenvalue weighted by molar-refractivity contribution is -0.148. The number of carbonyl (C=O) groups is 3. The van der Waals surface area contributed by atoms with E-state index in [0.29, 0.717) is 28.6 Å². The zero-order valence-electron chi connectivity index (χ0n) is 18.2. The second kappa shape index (κ2) is 8.11. The number of fused-ring (bicyclic) bond motifs is 2. The highest BCUT2D eigenvalue weighted by Gasteiger charge is 2.66. The molecule has 168 valence electrons. The summed E-state index contributed by atoms with van der Waals surface area (Å²) in [6.45, 7) is 0.643. The van der Waals surface area contributed by atoms with Gasteiger partial charge in [-0.2, -0.15) is 0 Å². The topological polar surface area (TPSA) is 85.4 Å². The molecule has 4 rings (SSSR count). The zero-order chi connectivity index (χ0) is 23.2. The highest BCUT2D eigenvalue weighted by molar-refractivity contribution is 6.44. The SMILES string of the molecule is COc1ccc(C23Oc4ccc(Cl)cc4C(=O)C2C(=O)C(=O)N3CCN(C)C)cc1OC. The van der Waals surface area contributed by atoms with Crippen LogP contribution in [-0.2, 0) is 15.3 Å². The molecule has 1 saturated heterocycles. The summed E-state index contributed by atoms with van der Waals surface area (Å²) in [5.74, 6) is -2.35. The molecule has 0 N–H and O–H groups in total. The first-order valence-electron chi connectivity index (χ1n) is 10.0. The minimum Gasteiger partial charge on any atom is -0.493 e. The van der Waals surface area contributed by atoms with Crippen molar-refractivity contribution in [3.63, 3.8) is 0 Å². The van der Waals surface area contributed by atoms with E-state index in [9.17, 15) is 14.4 Å². The number of benzene rings is 2. The highest BCUT2D eigenvalue weighted by atomic mass is 35.5. The Morgan fingerprint density at radius 1 is 1.03 bits per heavy atom. The Balaban J connectivity index is 1.97. The number of likely N-dealkylation sites (N-methyl/N-ethyl adjacent to an activating group) is 1. The lowest BCUT2D eigenvalue weighted by Crippen LogP contribution is -2.56. The van der Waals surface area contributed by atoms with E-state index in [2.05, 4.69) is 0 Å². The van der Waals surface area contributed by atoms with Gasteiger partial charge in [-0.1, -0.05) is 11.6 Å². The standard InChI is InChI=1S/C23H23ClN2O6/c1-25(2)9-10-26-22(29)21(28)19-20(27)15-12-14(24)6-8-16(15)32-23(19,26)13-5-7-17(30-3)18(11-13)31-4/h5-8,11-12,19H,9-10H2,1-4H3. The molecule has 2 aliphatic rings. The predicted molar refractivity (Wildman–Crippen MR) is 116 cm³/mol. The van der Waals surface area contributed by atoms with Gasteiger partial charge in [-0.3, -0.25) is 19.3 Å². The van der Waals surface area contributed by atoms with Gasteiger partial charge >= 0.3 is 0 Å². The molecule has 2 aromatic rings. The molecule has 1 amide bonds. The number of hydrogen-bond acceptors (Lipinski definition) is 7. The van der Waals surface area contributed by atoms with Crippen LogP contribution in [0, 0.1) is 5.92 Å². The smallest absolute Gasteiger partial charge is 0.294 e. The fraction of sp³-hybridized carbons (Fsp3) is 0.348. The van der Waals surface area contributed by atoms with Crippen LogP contribution in [0.1, 0.15) is 15.9 Å². The molecule has 2 aliphatic heterocycles. The maximum absolute atomic E-state index is 13.5. The van der Waals surface area contributed by atoms with Crippen LogP contribution in [0.3, 0.4) is 0 Å². The van der Waals surface area contributed by atoms with Gasteiger partial charge in [0.15, 0.2) is 23.2 Å². The predicted octanol–water partition coefficient (Wildman–Crippen LogP) is 2.37. The number of methoxy groups -OCH3 is 2. The Labute approximate surface area is 190 Å². The van der Waals surface area contributed by atoms with Crippen molar-refractivity contribution in [2.45, 2.75) is 5.72 Å². The molecule has 0 radical (unpaired) electrons. The van der Waals surface area contributed by atoms with Gasteiger partial charge < -0.3 is 19.1 Å². The molecule has 0 saturated carbocycles. The van der Waals surface area contributed by atoms with Gasteiger partial charge in [0.2, 0.25) is 11.5 Å². The number of amides is 1. The molecule has 2 unspecified atom stereocenters. The molecular weight excluding hydrogens is 436 g/mol. The summed E-state index contributed by atoms with van der Waals surface area (Å²) < 4.78 is 17.2. The summed E-state index contributed by atoms with van der Waals surface area (Å²) in [5, 5.41) is 0.334. The van der Waals surface area contributed by atoms with Gasteiger partial charge in [-0.05, 0) is 50.5 Å². The number of nitrogens with zero attached hydrogens (tertiary/aromatic N) is 2. The van der Waals surface area contributed by atoms with Crippen molar-refractivity contribution in [1.29, 1.82) is 0 Å². The average molecular weight is 459 g/mol. The minimum atomic E-state index is -1.65. The minimum absolute atomic E-state index is 0.175. The number of ketones is 2. The van der Waals surface area contributed by atoms with E-state index in [-0.39, 0.29) is 17.9 Å². The van der Waals surface area contributed by atoms with Crippen molar-refractivity contribution in [3.05, 3.63) is 52.5 Å². The highest BCUT2D eigenvalue weighted by Crippen LogP contribution is 2.51. The third kappa shape index (κ3) is 3.22. The van der Waals surface area contributed by atoms with Gasteiger partial charge in [0, 0.05) is 23.7 Å². The number of likely N-dealkylation sites (tertiary alicyclic amines) is 1. The average Bonchev–Trinajstić information content (AvgIpc) is 2.99. The first kappa shape index (κ1) is 22.1. The van der Waals surface area contributed by atoms with Gasteiger partial charge in [-0.25, -0.2) is 0 Å². The lowest BCUT2D eigenvalue weighted by atomic mass is 9.80. The van der Waals surface area contributed by atoms with Crippen LogP contribution in [-0.4, -0.2) is 68.7 Å². The number of ether oxygens (including phenoxy) is 3. The zero-order valence-corrected chi connectivity index (χ0v) is 18.9. The van der Waals surface area contributed by atoms with E-state index in [0.717, 1.165) is 0 Å². The summed E-state index contributed by atoms with van der Waals surface area (Å²) in [4.78, 5) is 43.1. The molecule has 9 heteroatoms. The maximum atomic E-state index is 13.5. The fourth-order valence-electron chi connectivity index (χ4n) is 4.27. The van der Waals surface area contributed by atoms with Gasteiger partial charge in [0.1, 0.15) is 5.75 Å². The first-order valence-corrected chi connectivity index (χ1v) is 10.4. The quantitative estimate of drug-likeness (QED) is 0.485. The first-order chi connectivity index (χ1) is 15.2. The van der Waals surface area contributed by atoms with Crippen LogP contribution < -0.4 is 14.2 Å². The number of halogens is 1. The molecule has 1 fully saturated rings. The Bertz CT molecular complexity index is 1120. The third-order valence-corrected chi connectivity index (χ3v) is 6.05. The van der Waals surface area contributed by atoms with Crippen LogP contribution in [0.4, 0.5) is 0 Å². The fourth-order valence-corrected chi connectivity index (χ4v) is 4.44. The molecule has 8 nitrogen and oxygen atoms in total. The number of hydrogen-bond donors (Lipinski definition) is 0. The molecule has 0 aliphatic carbocycles. The van der Waals surface area contributed by atoms with E-state index in [1.54, 1.807) is 30.3 Å². The van der Waals surface area contributed by atoms with Gasteiger partial charge in [0.25, 0.3) is 5.91 Å². The summed E-state index contributed by atoms with van der Waals surface area (Å²) in [5.41, 5.74) is -1.04. The molecule has 2 aromatic carbocycles. The van der Waals surface area contributed by atoms with E-state index in [4.69, 9.17) is 25.8 Å². The van der Waals surface area contributed by atoms with Crippen molar-refractivity contribution in [3.8, 4) is 17.2 Å². The molecule has 32 heavy (non-hydrogen) atoms. The molecule has 2 atom stereocenters. The van der Waals surface area contributed by atoms with Crippen LogP contribution in [0.5, 0.6) is 17.2 Å². The Morgan fingerprint density at radius 3 is 2.41 bits per heavy atom. The summed E-state index contributed by atoms with van der Waals surface area (Å²) in [7, 11) is 6.70. The van der Waals surface area contributed by atoms with Crippen LogP contribution in [0.15, 0.2) is 36.4 Å². The maximum Gasteiger partial charge on any atom is 0.294 e. The summed E-state index contributed by atoms with van der Waals surface area (Å²) >= 11 is 6.08. The number of rotatable bonds is 6. The molecule has 0 bridgehead atoms. The molecule has 2 heterocycles. The third-order valence-electron chi connectivity index (χ3n) is 5.81. The number of carbonyl (C=O) groups excluding carboxylic acids is 3. The monoisotopic (exact) mass is 458 g/mol. The van der Waals surface area contributed by atoms with Crippen molar-refractivity contribution >= 4 is 29.1 Å². The van der Waals surface area contributed by atoms with Crippen LogP contribution in [0.25, 0.3) is 0 Å². The van der Waals surface area contributed by atoms with E-state index in [1.165, 1.54) is 25.2 Å². The van der Waals surface area contributed by atoms with Crippen molar-refractivity contribution in [2.24, 2.45) is 5.92 Å². The Kier molecular flexibility index (Phi) is 5.60. The van der Waals surface area contributed by atoms with Crippen molar-refractivity contribution < 1.29 is 28.6 Å². The molecule has 0 aromatic heterocycles. The van der Waals surface area contributed by atoms with Crippen molar-refractivity contribution in [2.75, 3.05) is 41.4 Å². The molecular formula is C23H23ClN2O6. The molecule has 0 spiro atoms. The largest absolute Gasteiger partial charge is 0.493 e. The summed E-state index contributed by atoms with van der Waals surface area (Å²) in [6.07, 6.45) is 0. The van der Waals surface area contributed by atoms with Gasteiger partial charge in [-0.15, -0.1) is 0 Å². The van der Waals surface area contributed by atoms with E-state index in [1.807, 2.05) is 19.0 Å². The van der Waals surface area contributed by atoms with Gasteiger partial charge in [0.05, 0.1) is 19.8 Å². The van der Waals surface area contributed by atoms with Crippen molar-refractivity contribution in [1.82, 2.24) is 9.80 Å². The Morgan fingerprint density at radius 2 is 1.75 bits per heavy atom. The Hall–Kier alpha value is -3.10. The summed E-state index contributed by atoms with van der Waals surface area (Å²) in [6, 6.07) is 9.59. The normalized spacial score (nSPS) is 22.0. The second-order valence-electron chi connectivity index (χ2n) is 7.93. The number of Topliss-reactive ketones (excluding diaryl/α,β-unsaturated/α-hetero) is 2. The second-order valence-corrected chi connectivity index (χ2v) is 8.37. The van der Waals surface area contributed by atoms with E-state index >= 15 is 0 Å². The lowest BCUT2D eigenvalue weighted by Gasteiger charge is -2.44. The van der Waals surface area contributed by atoms with Crippen LogP contribution >= 0.6 is 11.6 Å². The van der Waals surface area contributed by atoms with E-state index < -0.39 is 29.1 Å². The van der Waals surface area contributed by atoms with Crippen LogP contribution in [0.2, 0.25) is 5.02 Å².